The largest absolute Gasteiger partial charge is 0.506 e. The fourth-order valence-corrected chi connectivity index (χ4v) is 2.34. The zero-order valence-corrected chi connectivity index (χ0v) is 13.6. The fraction of sp³-hybridized carbons (Fsp3) is 0.389. The molecule has 2 rings (SSSR count). The van der Waals surface area contributed by atoms with Crippen molar-refractivity contribution in [1.29, 1.82) is 0 Å². The third-order valence-corrected chi connectivity index (χ3v) is 3.45. The van der Waals surface area contributed by atoms with Gasteiger partial charge in [0.15, 0.2) is 0 Å². The number of aliphatic hydroxyl groups is 1. The molecule has 1 unspecified atom stereocenters. The number of aryl methyl sites for hydroxylation is 1. The first-order valence-corrected chi connectivity index (χ1v) is 7.68. The van der Waals surface area contributed by atoms with E-state index >= 15 is 0 Å². The van der Waals surface area contributed by atoms with E-state index in [1.54, 1.807) is 12.1 Å². The van der Waals surface area contributed by atoms with Gasteiger partial charge in [0, 0.05) is 18.8 Å². The lowest BCUT2D eigenvalue weighted by Gasteiger charge is -2.20. The molecule has 1 heterocycles. The standard InChI is InChI=1S/C18H24N2O3/c1-14-8-9-18(22)17(19-14)11-20(2)10-16(21)13-23-12-15-6-4-3-5-7-15/h3-9,16,21-22H,10-13H2,1-2H3. The number of benzene rings is 1. The van der Waals surface area contributed by atoms with E-state index < -0.39 is 6.10 Å². The lowest BCUT2D eigenvalue weighted by Crippen LogP contribution is -2.32. The monoisotopic (exact) mass is 316 g/mol. The quantitative estimate of drug-likeness (QED) is 0.781. The molecule has 0 amide bonds. The number of ether oxygens (including phenoxy) is 1. The summed E-state index contributed by atoms with van der Waals surface area (Å²) >= 11 is 0. The normalized spacial score (nSPS) is 12.5. The summed E-state index contributed by atoms with van der Waals surface area (Å²) in [5.74, 6) is 0.178. The second-order valence-corrected chi connectivity index (χ2v) is 5.77. The first kappa shape index (κ1) is 17.4. The van der Waals surface area contributed by atoms with Gasteiger partial charge in [-0.15, -0.1) is 0 Å². The molecule has 1 atom stereocenters. The van der Waals surface area contributed by atoms with Gasteiger partial charge in [-0.3, -0.25) is 9.88 Å². The van der Waals surface area contributed by atoms with Crippen molar-refractivity contribution in [3.63, 3.8) is 0 Å². The van der Waals surface area contributed by atoms with Crippen LogP contribution in [0.1, 0.15) is 17.0 Å². The molecule has 0 radical (unpaired) electrons. The minimum absolute atomic E-state index is 0.178. The predicted molar refractivity (Wildman–Crippen MR) is 89.1 cm³/mol. The molecule has 23 heavy (non-hydrogen) atoms. The summed E-state index contributed by atoms with van der Waals surface area (Å²) in [5.41, 5.74) is 2.56. The Kier molecular flexibility index (Phi) is 6.52. The Balaban J connectivity index is 1.74. The number of pyridine rings is 1. The molecule has 0 fully saturated rings. The maximum Gasteiger partial charge on any atom is 0.138 e. The molecule has 0 saturated carbocycles. The SMILES string of the molecule is Cc1ccc(O)c(CN(C)CC(O)COCc2ccccc2)n1. The fourth-order valence-electron chi connectivity index (χ4n) is 2.34. The number of hydrogen-bond acceptors (Lipinski definition) is 5. The van der Waals surface area contributed by atoms with Crippen LogP contribution in [-0.2, 0) is 17.9 Å². The van der Waals surface area contributed by atoms with Gasteiger partial charge in [-0.2, -0.15) is 0 Å². The Bertz CT molecular complexity index is 604. The van der Waals surface area contributed by atoms with Gasteiger partial charge in [-0.1, -0.05) is 30.3 Å². The molecule has 1 aromatic carbocycles. The number of likely N-dealkylation sites (N-methyl/N-ethyl adjacent to an activating group) is 1. The highest BCUT2D eigenvalue weighted by atomic mass is 16.5. The number of aromatic nitrogens is 1. The Hall–Kier alpha value is -1.95. The summed E-state index contributed by atoms with van der Waals surface area (Å²) in [6.45, 7) is 3.57. The average Bonchev–Trinajstić information content (AvgIpc) is 2.52. The van der Waals surface area contributed by atoms with E-state index in [1.807, 2.05) is 49.2 Å². The van der Waals surface area contributed by atoms with E-state index in [0.29, 0.717) is 25.4 Å². The lowest BCUT2D eigenvalue weighted by molar-refractivity contribution is 0.0125. The van der Waals surface area contributed by atoms with Gasteiger partial charge in [-0.05, 0) is 31.7 Å². The second-order valence-electron chi connectivity index (χ2n) is 5.77. The van der Waals surface area contributed by atoms with Crippen LogP contribution in [-0.4, -0.2) is 46.4 Å². The first-order valence-electron chi connectivity index (χ1n) is 7.68. The molecule has 5 heteroatoms. The minimum Gasteiger partial charge on any atom is -0.506 e. The van der Waals surface area contributed by atoms with Gasteiger partial charge in [0.1, 0.15) is 5.75 Å². The van der Waals surface area contributed by atoms with Gasteiger partial charge in [0.05, 0.1) is 25.0 Å². The summed E-state index contributed by atoms with van der Waals surface area (Å²) in [7, 11) is 1.88. The topological polar surface area (TPSA) is 65.8 Å². The maximum atomic E-state index is 10.0. The number of nitrogens with zero attached hydrogens (tertiary/aromatic N) is 2. The summed E-state index contributed by atoms with van der Waals surface area (Å²) in [5, 5.41) is 19.9. The summed E-state index contributed by atoms with van der Waals surface area (Å²) in [6, 6.07) is 13.3. The van der Waals surface area contributed by atoms with Crippen molar-refractivity contribution in [3.05, 3.63) is 59.4 Å². The van der Waals surface area contributed by atoms with Crippen LogP contribution in [0.4, 0.5) is 0 Å². The van der Waals surface area contributed by atoms with Gasteiger partial charge in [-0.25, -0.2) is 0 Å². The molecule has 0 bridgehead atoms. The molecular weight excluding hydrogens is 292 g/mol. The predicted octanol–water partition coefficient (Wildman–Crippen LogP) is 2.11. The highest BCUT2D eigenvalue weighted by molar-refractivity contribution is 5.27. The summed E-state index contributed by atoms with van der Waals surface area (Å²) in [4.78, 5) is 6.23. The van der Waals surface area contributed by atoms with Crippen LogP contribution in [0.5, 0.6) is 5.75 Å². The molecule has 0 aliphatic rings. The molecule has 0 saturated heterocycles. The van der Waals surface area contributed by atoms with Crippen LogP contribution in [0.2, 0.25) is 0 Å². The molecule has 2 N–H and O–H groups in total. The van der Waals surface area contributed by atoms with E-state index in [4.69, 9.17) is 4.74 Å². The minimum atomic E-state index is -0.587. The number of hydrogen-bond donors (Lipinski definition) is 2. The third-order valence-electron chi connectivity index (χ3n) is 3.45. The van der Waals surface area contributed by atoms with Crippen LogP contribution < -0.4 is 0 Å². The maximum absolute atomic E-state index is 10.0. The van der Waals surface area contributed by atoms with Crippen molar-refractivity contribution in [2.45, 2.75) is 26.2 Å². The van der Waals surface area contributed by atoms with E-state index in [9.17, 15) is 10.2 Å². The van der Waals surface area contributed by atoms with Gasteiger partial charge >= 0.3 is 0 Å². The molecule has 1 aromatic heterocycles. The Morgan fingerprint density at radius 1 is 1.17 bits per heavy atom. The molecule has 0 aliphatic carbocycles. The van der Waals surface area contributed by atoms with Crippen molar-refractivity contribution < 1.29 is 14.9 Å². The number of aliphatic hydroxyl groups excluding tert-OH is 1. The van der Waals surface area contributed by atoms with Crippen molar-refractivity contribution in [1.82, 2.24) is 9.88 Å². The Morgan fingerprint density at radius 2 is 1.91 bits per heavy atom. The molecule has 5 nitrogen and oxygen atoms in total. The molecule has 0 spiro atoms. The summed E-state index contributed by atoms with van der Waals surface area (Å²) < 4.78 is 5.53. The molecule has 0 aliphatic heterocycles. The van der Waals surface area contributed by atoms with E-state index in [0.717, 1.165) is 11.3 Å². The Labute approximate surface area is 137 Å². The zero-order valence-electron chi connectivity index (χ0n) is 13.6. The average molecular weight is 316 g/mol. The lowest BCUT2D eigenvalue weighted by atomic mass is 10.2. The van der Waals surface area contributed by atoms with Gasteiger partial charge in [0.2, 0.25) is 0 Å². The zero-order chi connectivity index (χ0) is 16.7. The number of rotatable bonds is 8. The van der Waals surface area contributed by atoms with Crippen LogP contribution in [0.15, 0.2) is 42.5 Å². The molecular formula is C18H24N2O3. The second kappa shape index (κ2) is 8.62. The van der Waals surface area contributed by atoms with Crippen LogP contribution in [0.25, 0.3) is 0 Å². The third kappa shape index (κ3) is 5.98. The van der Waals surface area contributed by atoms with Gasteiger partial charge < -0.3 is 14.9 Å². The van der Waals surface area contributed by atoms with Crippen molar-refractivity contribution >= 4 is 0 Å². The highest BCUT2D eigenvalue weighted by Crippen LogP contribution is 2.16. The van der Waals surface area contributed by atoms with Crippen molar-refractivity contribution in [3.8, 4) is 5.75 Å². The molecule has 124 valence electrons. The van der Waals surface area contributed by atoms with Crippen LogP contribution in [0.3, 0.4) is 0 Å². The van der Waals surface area contributed by atoms with E-state index in [1.165, 1.54) is 0 Å². The molecule has 2 aromatic rings. The Morgan fingerprint density at radius 3 is 2.65 bits per heavy atom. The van der Waals surface area contributed by atoms with E-state index in [2.05, 4.69) is 4.98 Å². The van der Waals surface area contributed by atoms with E-state index in [-0.39, 0.29) is 12.4 Å². The van der Waals surface area contributed by atoms with Crippen LogP contribution in [0, 0.1) is 6.92 Å². The number of aromatic hydroxyl groups is 1. The van der Waals surface area contributed by atoms with Gasteiger partial charge in [0.25, 0.3) is 0 Å². The van der Waals surface area contributed by atoms with Crippen LogP contribution >= 0.6 is 0 Å². The van der Waals surface area contributed by atoms with Crippen molar-refractivity contribution in [2.24, 2.45) is 0 Å². The highest BCUT2D eigenvalue weighted by Gasteiger charge is 2.12. The summed E-state index contributed by atoms with van der Waals surface area (Å²) in [6.07, 6.45) is -0.587. The first-order chi connectivity index (χ1) is 11.0. The van der Waals surface area contributed by atoms with Crippen molar-refractivity contribution in [2.75, 3.05) is 20.2 Å². The smallest absolute Gasteiger partial charge is 0.138 e.